The van der Waals surface area contributed by atoms with E-state index in [0.29, 0.717) is 13.0 Å². The van der Waals surface area contributed by atoms with Crippen LogP contribution >= 0.6 is 0 Å². The average Bonchev–Trinajstić information content (AvgIpc) is 2.28. The predicted octanol–water partition coefficient (Wildman–Crippen LogP) is 2.64. The smallest absolute Gasteiger partial charge is 0.163 e. The van der Waals surface area contributed by atoms with E-state index in [9.17, 15) is 8.78 Å². The van der Waals surface area contributed by atoms with Crippen LogP contribution in [0.25, 0.3) is 0 Å². The summed E-state index contributed by atoms with van der Waals surface area (Å²) in [4.78, 5) is 0. The Bertz CT molecular complexity index is 344. The first kappa shape index (κ1) is 13.1. The van der Waals surface area contributed by atoms with E-state index in [0.717, 1.165) is 6.07 Å². The third-order valence-electron chi connectivity index (χ3n) is 2.73. The van der Waals surface area contributed by atoms with E-state index in [4.69, 9.17) is 10.5 Å². The molecule has 0 aliphatic rings. The van der Waals surface area contributed by atoms with Crippen LogP contribution in [0.15, 0.2) is 18.2 Å². The van der Waals surface area contributed by atoms with Crippen molar-refractivity contribution in [1.29, 1.82) is 0 Å². The van der Waals surface area contributed by atoms with Crippen LogP contribution in [0.4, 0.5) is 8.78 Å². The molecule has 0 heterocycles. The lowest BCUT2D eigenvalue weighted by Gasteiger charge is -2.20. The maximum absolute atomic E-state index is 13.4. The first-order valence-electron chi connectivity index (χ1n) is 5.26. The fourth-order valence-electron chi connectivity index (χ4n) is 1.57. The highest BCUT2D eigenvalue weighted by atomic mass is 19.2. The van der Waals surface area contributed by atoms with Gasteiger partial charge in [0.05, 0.1) is 0 Å². The van der Waals surface area contributed by atoms with Gasteiger partial charge in [-0.25, -0.2) is 8.78 Å². The predicted molar refractivity (Wildman–Crippen MR) is 58.9 cm³/mol. The SMILES string of the molecule is COCCC(C)C(N)c1cccc(F)c1F. The maximum atomic E-state index is 13.4. The highest BCUT2D eigenvalue weighted by molar-refractivity contribution is 5.22. The quantitative estimate of drug-likeness (QED) is 0.842. The normalized spacial score (nSPS) is 14.8. The van der Waals surface area contributed by atoms with E-state index in [1.807, 2.05) is 6.92 Å². The van der Waals surface area contributed by atoms with Crippen LogP contribution in [-0.2, 0) is 4.74 Å². The molecule has 0 aliphatic carbocycles. The van der Waals surface area contributed by atoms with E-state index in [-0.39, 0.29) is 11.5 Å². The standard InChI is InChI=1S/C12H17F2NO/c1-8(6-7-16-2)12(15)9-4-3-5-10(13)11(9)14/h3-5,8,12H,6-7,15H2,1-2H3. The second-order valence-corrected chi connectivity index (χ2v) is 3.93. The molecule has 2 N–H and O–H groups in total. The van der Waals surface area contributed by atoms with Crippen molar-refractivity contribution in [2.75, 3.05) is 13.7 Å². The van der Waals surface area contributed by atoms with E-state index in [1.54, 1.807) is 7.11 Å². The zero-order valence-electron chi connectivity index (χ0n) is 9.54. The van der Waals surface area contributed by atoms with Gasteiger partial charge in [-0.2, -0.15) is 0 Å². The third-order valence-corrected chi connectivity index (χ3v) is 2.73. The van der Waals surface area contributed by atoms with Crippen LogP contribution in [0, 0.1) is 17.6 Å². The van der Waals surface area contributed by atoms with Gasteiger partial charge in [0.1, 0.15) is 0 Å². The Morgan fingerprint density at radius 1 is 1.38 bits per heavy atom. The van der Waals surface area contributed by atoms with Crippen LogP contribution in [0.2, 0.25) is 0 Å². The van der Waals surface area contributed by atoms with Gasteiger partial charge in [-0.1, -0.05) is 19.1 Å². The number of ether oxygens (including phenoxy) is 1. The Morgan fingerprint density at radius 3 is 2.69 bits per heavy atom. The Kier molecular flexibility index (Phi) is 4.83. The van der Waals surface area contributed by atoms with Crippen LogP contribution in [0.1, 0.15) is 24.9 Å². The van der Waals surface area contributed by atoms with Gasteiger partial charge >= 0.3 is 0 Å². The van der Waals surface area contributed by atoms with Crippen LogP contribution in [0.3, 0.4) is 0 Å². The molecule has 0 fully saturated rings. The minimum atomic E-state index is -0.855. The maximum Gasteiger partial charge on any atom is 0.163 e. The summed E-state index contributed by atoms with van der Waals surface area (Å²) in [5.74, 6) is -1.66. The van der Waals surface area contributed by atoms with Gasteiger partial charge in [0.25, 0.3) is 0 Å². The van der Waals surface area contributed by atoms with Gasteiger partial charge in [-0.15, -0.1) is 0 Å². The van der Waals surface area contributed by atoms with Crippen LogP contribution < -0.4 is 5.73 Å². The molecule has 0 amide bonds. The van der Waals surface area contributed by atoms with Gasteiger partial charge < -0.3 is 10.5 Å². The number of nitrogens with two attached hydrogens (primary N) is 1. The molecule has 0 saturated heterocycles. The van der Waals surface area contributed by atoms with E-state index >= 15 is 0 Å². The molecule has 0 radical (unpaired) electrons. The topological polar surface area (TPSA) is 35.2 Å². The fourth-order valence-corrected chi connectivity index (χ4v) is 1.57. The second kappa shape index (κ2) is 5.92. The molecule has 1 rings (SSSR count). The minimum absolute atomic E-state index is 0.0382. The Balaban J connectivity index is 2.79. The number of benzene rings is 1. The summed E-state index contributed by atoms with van der Waals surface area (Å²) in [6.07, 6.45) is 0.716. The number of halogens is 2. The molecule has 0 aromatic heterocycles. The van der Waals surface area contributed by atoms with Crippen molar-refractivity contribution in [2.45, 2.75) is 19.4 Å². The Hall–Kier alpha value is -1.00. The van der Waals surface area contributed by atoms with E-state index in [2.05, 4.69) is 0 Å². The minimum Gasteiger partial charge on any atom is -0.385 e. The largest absolute Gasteiger partial charge is 0.385 e. The average molecular weight is 229 g/mol. The molecule has 1 aromatic carbocycles. The molecule has 16 heavy (non-hydrogen) atoms. The number of hydrogen-bond donors (Lipinski definition) is 1. The molecule has 1 aromatic rings. The lowest BCUT2D eigenvalue weighted by Crippen LogP contribution is -2.22. The van der Waals surface area contributed by atoms with Gasteiger partial charge in [-0.05, 0) is 18.4 Å². The summed E-state index contributed by atoms with van der Waals surface area (Å²) in [5.41, 5.74) is 6.11. The zero-order valence-corrected chi connectivity index (χ0v) is 9.54. The second-order valence-electron chi connectivity index (χ2n) is 3.93. The summed E-state index contributed by atoms with van der Waals surface area (Å²) in [6, 6.07) is 3.57. The fraction of sp³-hybridized carbons (Fsp3) is 0.500. The Labute approximate surface area is 94.4 Å². The van der Waals surface area contributed by atoms with Crippen LogP contribution in [0.5, 0.6) is 0 Å². The van der Waals surface area contributed by atoms with Crippen molar-refractivity contribution in [3.63, 3.8) is 0 Å². The van der Waals surface area contributed by atoms with Crippen molar-refractivity contribution in [3.05, 3.63) is 35.4 Å². The molecule has 2 unspecified atom stereocenters. The van der Waals surface area contributed by atoms with Crippen LogP contribution in [-0.4, -0.2) is 13.7 Å². The third kappa shape index (κ3) is 3.00. The van der Waals surface area contributed by atoms with Gasteiger partial charge in [-0.3, -0.25) is 0 Å². The molecule has 0 saturated carbocycles. The summed E-state index contributed by atoms with van der Waals surface area (Å²) in [7, 11) is 1.60. The molecular formula is C12H17F2NO. The Morgan fingerprint density at radius 2 is 2.06 bits per heavy atom. The van der Waals surface area contributed by atoms with Crippen molar-refractivity contribution in [1.82, 2.24) is 0 Å². The monoisotopic (exact) mass is 229 g/mol. The molecule has 0 aliphatic heterocycles. The van der Waals surface area contributed by atoms with E-state index in [1.165, 1.54) is 12.1 Å². The molecule has 90 valence electrons. The van der Waals surface area contributed by atoms with Gasteiger partial charge in [0.2, 0.25) is 0 Å². The van der Waals surface area contributed by atoms with Crippen molar-refractivity contribution in [2.24, 2.45) is 11.7 Å². The van der Waals surface area contributed by atoms with Crippen molar-refractivity contribution >= 4 is 0 Å². The lowest BCUT2D eigenvalue weighted by atomic mass is 9.92. The van der Waals surface area contributed by atoms with Crippen molar-refractivity contribution in [3.8, 4) is 0 Å². The molecule has 4 heteroatoms. The number of methoxy groups -OCH3 is 1. The highest BCUT2D eigenvalue weighted by Gasteiger charge is 2.19. The summed E-state index contributed by atoms with van der Waals surface area (Å²) >= 11 is 0. The first-order valence-corrected chi connectivity index (χ1v) is 5.26. The molecule has 2 atom stereocenters. The lowest BCUT2D eigenvalue weighted by molar-refractivity contribution is 0.174. The van der Waals surface area contributed by atoms with Gasteiger partial charge in [0, 0.05) is 25.3 Å². The summed E-state index contributed by atoms with van der Waals surface area (Å²) in [5, 5.41) is 0. The van der Waals surface area contributed by atoms with Gasteiger partial charge in [0.15, 0.2) is 11.6 Å². The summed E-state index contributed by atoms with van der Waals surface area (Å²) < 4.78 is 31.4. The molecule has 0 spiro atoms. The molecule has 0 bridgehead atoms. The molecular weight excluding hydrogens is 212 g/mol. The van der Waals surface area contributed by atoms with E-state index < -0.39 is 17.7 Å². The highest BCUT2D eigenvalue weighted by Crippen LogP contribution is 2.25. The number of rotatable bonds is 5. The first-order chi connectivity index (χ1) is 7.57. The van der Waals surface area contributed by atoms with Crippen molar-refractivity contribution < 1.29 is 13.5 Å². The zero-order chi connectivity index (χ0) is 12.1. The summed E-state index contributed by atoms with van der Waals surface area (Å²) in [6.45, 7) is 2.46. The number of hydrogen-bond acceptors (Lipinski definition) is 2. The molecule has 2 nitrogen and oxygen atoms in total.